The molecule has 0 aliphatic heterocycles. The first-order chi connectivity index (χ1) is 8.19. The van der Waals surface area contributed by atoms with Crippen LogP contribution in [0.5, 0.6) is 11.5 Å². The van der Waals surface area contributed by atoms with Crippen molar-refractivity contribution < 1.29 is 9.84 Å². The number of halogens is 1. The molecule has 2 nitrogen and oxygen atoms in total. The molecule has 0 heterocycles. The van der Waals surface area contributed by atoms with Crippen molar-refractivity contribution in [3.63, 3.8) is 0 Å². The van der Waals surface area contributed by atoms with Crippen molar-refractivity contribution in [2.45, 2.75) is 6.42 Å². The summed E-state index contributed by atoms with van der Waals surface area (Å²) in [6, 6.07) is 13.4. The highest BCUT2D eigenvalue weighted by Gasteiger charge is 2.04. The molecule has 17 heavy (non-hydrogen) atoms. The van der Waals surface area contributed by atoms with Crippen molar-refractivity contribution in [3.8, 4) is 11.5 Å². The van der Waals surface area contributed by atoms with Gasteiger partial charge in [0.05, 0.1) is 7.11 Å². The van der Waals surface area contributed by atoms with Crippen molar-refractivity contribution in [1.29, 1.82) is 0 Å². The first kappa shape index (κ1) is 12.0. The molecule has 0 atom stereocenters. The van der Waals surface area contributed by atoms with E-state index in [1.165, 1.54) is 0 Å². The third-order valence-corrected chi connectivity index (χ3v) is 3.07. The van der Waals surface area contributed by atoms with Crippen LogP contribution in [0, 0.1) is 0 Å². The van der Waals surface area contributed by atoms with Gasteiger partial charge in [-0.1, -0.05) is 34.1 Å². The summed E-state index contributed by atoms with van der Waals surface area (Å²) in [5, 5.41) is 9.86. The quantitative estimate of drug-likeness (QED) is 0.933. The van der Waals surface area contributed by atoms with Gasteiger partial charge in [-0.2, -0.15) is 0 Å². The second-order valence-electron chi connectivity index (χ2n) is 3.80. The van der Waals surface area contributed by atoms with E-state index >= 15 is 0 Å². The third-order valence-electron chi connectivity index (χ3n) is 2.58. The average molecular weight is 293 g/mol. The number of rotatable bonds is 3. The van der Waals surface area contributed by atoms with Crippen LogP contribution in [0.15, 0.2) is 46.9 Å². The van der Waals surface area contributed by atoms with E-state index in [9.17, 15) is 5.11 Å². The molecule has 0 spiro atoms. The summed E-state index contributed by atoms with van der Waals surface area (Å²) < 4.78 is 6.10. The minimum atomic E-state index is 0.268. The Bertz CT molecular complexity index is 523. The van der Waals surface area contributed by atoms with Gasteiger partial charge in [0.25, 0.3) is 0 Å². The summed E-state index contributed by atoms with van der Waals surface area (Å²) in [5.74, 6) is 0.935. The molecule has 0 aliphatic carbocycles. The molecule has 0 fully saturated rings. The standard InChI is InChI=1S/C14H13BrO2/c1-17-13-6-5-11(14(16)9-13)7-10-3-2-4-12(15)8-10/h2-6,8-9,16H,7H2,1H3. The van der Waals surface area contributed by atoms with E-state index < -0.39 is 0 Å². The summed E-state index contributed by atoms with van der Waals surface area (Å²) in [6.45, 7) is 0. The number of phenols is 1. The fraction of sp³-hybridized carbons (Fsp3) is 0.143. The molecule has 2 aromatic rings. The van der Waals surface area contributed by atoms with Crippen molar-refractivity contribution in [1.82, 2.24) is 0 Å². The number of phenolic OH excluding ortho intramolecular Hbond substituents is 1. The average Bonchev–Trinajstić information content (AvgIpc) is 2.32. The Labute approximate surface area is 109 Å². The fourth-order valence-electron chi connectivity index (χ4n) is 1.69. The molecule has 3 heteroatoms. The van der Waals surface area contributed by atoms with E-state index in [4.69, 9.17) is 4.74 Å². The van der Waals surface area contributed by atoms with Crippen LogP contribution < -0.4 is 4.74 Å². The van der Waals surface area contributed by atoms with Gasteiger partial charge in [0.1, 0.15) is 11.5 Å². The fourth-order valence-corrected chi connectivity index (χ4v) is 2.13. The number of methoxy groups -OCH3 is 1. The predicted octanol–water partition coefficient (Wildman–Crippen LogP) is 3.75. The van der Waals surface area contributed by atoms with Gasteiger partial charge in [-0.3, -0.25) is 0 Å². The SMILES string of the molecule is COc1ccc(Cc2cccc(Br)c2)c(O)c1. The maximum atomic E-state index is 9.86. The molecule has 2 aromatic carbocycles. The molecule has 88 valence electrons. The van der Waals surface area contributed by atoms with Crippen molar-refractivity contribution in [2.75, 3.05) is 7.11 Å². The van der Waals surface area contributed by atoms with E-state index in [1.54, 1.807) is 13.2 Å². The minimum Gasteiger partial charge on any atom is -0.508 e. The molecular formula is C14H13BrO2. The Morgan fingerprint density at radius 2 is 2.00 bits per heavy atom. The lowest BCUT2D eigenvalue weighted by molar-refractivity contribution is 0.406. The van der Waals surface area contributed by atoms with Crippen molar-refractivity contribution in [3.05, 3.63) is 58.1 Å². The van der Waals surface area contributed by atoms with Gasteiger partial charge in [-0.15, -0.1) is 0 Å². The van der Waals surface area contributed by atoms with E-state index in [2.05, 4.69) is 15.9 Å². The van der Waals surface area contributed by atoms with Crippen LogP contribution in [0.3, 0.4) is 0 Å². The van der Waals surface area contributed by atoms with Crippen LogP contribution in [0.4, 0.5) is 0 Å². The maximum absolute atomic E-state index is 9.86. The first-order valence-corrected chi connectivity index (χ1v) is 6.08. The van der Waals surface area contributed by atoms with E-state index in [-0.39, 0.29) is 5.75 Å². The molecule has 0 saturated heterocycles. The highest BCUT2D eigenvalue weighted by Crippen LogP contribution is 2.26. The second kappa shape index (κ2) is 5.23. The van der Waals surface area contributed by atoms with E-state index in [1.807, 2.05) is 36.4 Å². The lowest BCUT2D eigenvalue weighted by atomic mass is 10.0. The Morgan fingerprint density at radius 3 is 2.65 bits per heavy atom. The number of hydrogen-bond acceptors (Lipinski definition) is 2. The van der Waals surface area contributed by atoms with Gasteiger partial charge >= 0.3 is 0 Å². The molecule has 0 saturated carbocycles. The van der Waals surface area contributed by atoms with Gasteiger partial charge in [0, 0.05) is 17.0 Å². The van der Waals surface area contributed by atoms with Crippen LogP contribution in [-0.2, 0) is 6.42 Å². The zero-order chi connectivity index (χ0) is 12.3. The van der Waals surface area contributed by atoms with Crippen LogP contribution in [0.2, 0.25) is 0 Å². The summed E-state index contributed by atoms with van der Waals surface area (Å²) in [5.41, 5.74) is 2.05. The molecular weight excluding hydrogens is 280 g/mol. The van der Waals surface area contributed by atoms with E-state index in [0.717, 1.165) is 15.6 Å². The predicted molar refractivity (Wildman–Crippen MR) is 71.6 cm³/mol. The Kier molecular flexibility index (Phi) is 3.69. The number of ether oxygens (including phenoxy) is 1. The third kappa shape index (κ3) is 3.01. The van der Waals surface area contributed by atoms with E-state index in [0.29, 0.717) is 12.2 Å². The van der Waals surface area contributed by atoms with Crippen molar-refractivity contribution >= 4 is 15.9 Å². The topological polar surface area (TPSA) is 29.5 Å². The Morgan fingerprint density at radius 1 is 1.18 bits per heavy atom. The Balaban J connectivity index is 2.24. The maximum Gasteiger partial charge on any atom is 0.122 e. The lowest BCUT2D eigenvalue weighted by Gasteiger charge is -2.07. The summed E-state index contributed by atoms with van der Waals surface area (Å²) >= 11 is 3.43. The molecule has 0 bridgehead atoms. The van der Waals surface area contributed by atoms with Gasteiger partial charge < -0.3 is 9.84 Å². The molecule has 0 aliphatic rings. The van der Waals surface area contributed by atoms with Crippen LogP contribution in [-0.4, -0.2) is 12.2 Å². The summed E-state index contributed by atoms with van der Waals surface area (Å²) in [6.07, 6.45) is 0.704. The first-order valence-electron chi connectivity index (χ1n) is 5.29. The summed E-state index contributed by atoms with van der Waals surface area (Å²) in [7, 11) is 1.59. The van der Waals surface area contributed by atoms with Gasteiger partial charge in [-0.05, 0) is 29.3 Å². The largest absolute Gasteiger partial charge is 0.508 e. The molecule has 1 N–H and O–H groups in total. The van der Waals surface area contributed by atoms with Gasteiger partial charge in [0.15, 0.2) is 0 Å². The Hall–Kier alpha value is -1.48. The second-order valence-corrected chi connectivity index (χ2v) is 4.72. The van der Waals surface area contributed by atoms with Crippen LogP contribution >= 0.6 is 15.9 Å². The number of aromatic hydroxyl groups is 1. The van der Waals surface area contributed by atoms with Crippen molar-refractivity contribution in [2.24, 2.45) is 0 Å². The summed E-state index contributed by atoms with van der Waals surface area (Å²) in [4.78, 5) is 0. The normalized spacial score (nSPS) is 10.2. The smallest absolute Gasteiger partial charge is 0.122 e. The minimum absolute atomic E-state index is 0.268. The van der Waals surface area contributed by atoms with Crippen LogP contribution in [0.25, 0.3) is 0 Å². The number of hydrogen-bond donors (Lipinski definition) is 1. The molecule has 0 amide bonds. The van der Waals surface area contributed by atoms with Crippen LogP contribution in [0.1, 0.15) is 11.1 Å². The molecule has 0 aromatic heterocycles. The zero-order valence-electron chi connectivity index (χ0n) is 9.48. The lowest BCUT2D eigenvalue weighted by Crippen LogP contribution is -1.90. The van der Waals surface area contributed by atoms with Gasteiger partial charge in [0.2, 0.25) is 0 Å². The monoisotopic (exact) mass is 292 g/mol. The highest BCUT2D eigenvalue weighted by atomic mass is 79.9. The molecule has 2 rings (SSSR count). The highest BCUT2D eigenvalue weighted by molar-refractivity contribution is 9.10. The molecule has 0 unspecified atom stereocenters. The zero-order valence-corrected chi connectivity index (χ0v) is 11.1. The van der Waals surface area contributed by atoms with Gasteiger partial charge in [-0.25, -0.2) is 0 Å². The number of benzene rings is 2. The molecule has 0 radical (unpaired) electrons.